The minimum atomic E-state index is 0.0611. The Morgan fingerprint density at radius 1 is 1.00 bits per heavy atom. The number of aromatic nitrogens is 1. The molecule has 0 unspecified atom stereocenters. The van der Waals surface area contributed by atoms with Crippen LogP contribution in [0, 0.1) is 6.92 Å². The number of anilines is 1. The Labute approximate surface area is 170 Å². The molecule has 0 bridgehead atoms. The topological polar surface area (TPSA) is 63.8 Å². The highest BCUT2D eigenvalue weighted by atomic mass is 16.5. The number of rotatable bonds is 6. The van der Waals surface area contributed by atoms with E-state index in [0.29, 0.717) is 6.54 Å². The van der Waals surface area contributed by atoms with Crippen molar-refractivity contribution in [1.29, 1.82) is 0 Å². The summed E-state index contributed by atoms with van der Waals surface area (Å²) in [5.41, 5.74) is 5.74. The Balaban J connectivity index is 1.97. The number of fused-ring (bicyclic) bond motifs is 4. The number of aryl methyl sites for hydroxylation is 3. The van der Waals surface area contributed by atoms with E-state index in [1.165, 1.54) is 22.4 Å². The highest BCUT2D eigenvalue weighted by Gasteiger charge is 2.29. The van der Waals surface area contributed by atoms with Crippen LogP contribution in [-0.2, 0) is 13.0 Å². The van der Waals surface area contributed by atoms with Crippen LogP contribution in [0.15, 0.2) is 30.5 Å². The predicted molar refractivity (Wildman–Crippen MR) is 113 cm³/mol. The molecule has 0 amide bonds. The normalized spacial score (nSPS) is 12.3. The molecule has 4 rings (SSSR count). The smallest absolute Gasteiger partial charge is 0.216 e. The van der Waals surface area contributed by atoms with Gasteiger partial charge in [-0.05, 0) is 42.1 Å². The van der Waals surface area contributed by atoms with Crippen LogP contribution in [0.3, 0.4) is 0 Å². The van der Waals surface area contributed by atoms with Gasteiger partial charge in [0.05, 0.1) is 44.6 Å². The molecule has 0 saturated heterocycles. The Morgan fingerprint density at radius 2 is 1.72 bits per heavy atom. The molecule has 0 fully saturated rings. The highest BCUT2D eigenvalue weighted by Crippen LogP contribution is 2.41. The van der Waals surface area contributed by atoms with Crippen molar-refractivity contribution in [3.05, 3.63) is 41.6 Å². The van der Waals surface area contributed by atoms with Gasteiger partial charge in [-0.15, -0.1) is 0 Å². The molecule has 3 aromatic rings. The van der Waals surface area contributed by atoms with Gasteiger partial charge in [-0.1, -0.05) is 0 Å². The first-order valence-corrected chi connectivity index (χ1v) is 9.76. The van der Waals surface area contributed by atoms with Crippen LogP contribution in [0.5, 0.6) is 17.2 Å². The third kappa shape index (κ3) is 3.13. The fourth-order valence-corrected chi connectivity index (χ4v) is 4.28. The fraction of sp³-hybridized carbons (Fsp3) is 0.348. The van der Waals surface area contributed by atoms with E-state index in [0.717, 1.165) is 46.7 Å². The maximum Gasteiger partial charge on any atom is 0.216 e. The van der Waals surface area contributed by atoms with Gasteiger partial charge in [-0.2, -0.15) is 4.57 Å². The zero-order valence-corrected chi connectivity index (χ0v) is 17.3. The second kappa shape index (κ2) is 7.79. The molecule has 0 radical (unpaired) electrons. The number of aliphatic hydroxyl groups is 1. The molecule has 2 aromatic carbocycles. The minimum Gasteiger partial charge on any atom is -0.495 e. The van der Waals surface area contributed by atoms with E-state index in [9.17, 15) is 5.11 Å². The first kappa shape index (κ1) is 19.3. The van der Waals surface area contributed by atoms with Crippen LogP contribution in [-0.4, -0.2) is 39.6 Å². The molecule has 0 spiro atoms. The molecule has 0 aliphatic carbocycles. The first-order chi connectivity index (χ1) is 14.1. The Morgan fingerprint density at radius 3 is 2.41 bits per heavy atom. The van der Waals surface area contributed by atoms with E-state index in [4.69, 9.17) is 14.2 Å². The van der Waals surface area contributed by atoms with Crippen molar-refractivity contribution in [3.63, 3.8) is 0 Å². The Kier molecular flexibility index (Phi) is 5.20. The zero-order chi connectivity index (χ0) is 20.5. The van der Waals surface area contributed by atoms with E-state index in [2.05, 4.69) is 41.2 Å². The Hall–Kier alpha value is -2.99. The summed E-state index contributed by atoms with van der Waals surface area (Å²) in [4.78, 5) is 0. The van der Waals surface area contributed by atoms with Crippen LogP contribution in [0.1, 0.15) is 11.1 Å². The average molecular weight is 395 g/mol. The first-order valence-electron chi connectivity index (χ1n) is 9.76. The molecule has 152 valence electrons. The van der Waals surface area contributed by atoms with Crippen molar-refractivity contribution in [1.82, 2.24) is 0 Å². The van der Waals surface area contributed by atoms with E-state index in [1.807, 2.05) is 6.07 Å². The Bertz CT molecular complexity index is 1080. The summed E-state index contributed by atoms with van der Waals surface area (Å²) in [6.45, 7) is 3.56. The lowest BCUT2D eigenvalue weighted by molar-refractivity contribution is -0.686. The molecule has 0 atom stereocenters. The number of hydrogen-bond acceptors (Lipinski definition) is 5. The molecule has 0 saturated carbocycles. The maximum atomic E-state index is 9.28. The molecule has 1 aliphatic rings. The van der Waals surface area contributed by atoms with Crippen molar-refractivity contribution in [2.24, 2.45) is 0 Å². The largest absolute Gasteiger partial charge is 0.495 e. The van der Waals surface area contributed by atoms with Crippen molar-refractivity contribution in [2.75, 3.05) is 39.8 Å². The number of aliphatic hydroxyl groups excluding tert-OH is 1. The zero-order valence-electron chi connectivity index (χ0n) is 17.3. The van der Waals surface area contributed by atoms with Crippen LogP contribution in [0.4, 0.5) is 5.69 Å². The summed E-state index contributed by atoms with van der Waals surface area (Å²) in [7, 11) is 5.00. The van der Waals surface area contributed by atoms with Gasteiger partial charge >= 0.3 is 0 Å². The van der Waals surface area contributed by atoms with Gasteiger partial charge in [-0.25, -0.2) is 0 Å². The van der Waals surface area contributed by atoms with E-state index < -0.39 is 0 Å². The summed E-state index contributed by atoms with van der Waals surface area (Å²) >= 11 is 0. The van der Waals surface area contributed by atoms with Gasteiger partial charge in [-0.3, -0.25) is 0 Å². The lowest BCUT2D eigenvalue weighted by Gasteiger charge is -2.21. The molecule has 1 aromatic heterocycles. The van der Waals surface area contributed by atoms with Crippen molar-refractivity contribution in [2.45, 2.75) is 19.9 Å². The summed E-state index contributed by atoms with van der Waals surface area (Å²) in [6, 6.07) is 8.24. The van der Waals surface area contributed by atoms with Crippen LogP contribution < -0.4 is 24.1 Å². The van der Waals surface area contributed by atoms with Gasteiger partial charge in [0.15, 0.2) is 24.2 Å². The maximum absolute atomic E-state index is 9.28. The highest BCUT2D eigenvalue weighted by molar-refractivity contribution is 5.99. The van der Waals surface area contributed by atoms with Crippen LogP contribution in [0.25, 0.3) is 22.0 Å². The SMILES string of the molecule is COc1cc2c(cc1OC)-c1c(C)c3ccc(OC)c(NCCO)c3c[n+]1CC2. The number of hydrogen-bond donors (Lipinski definition) is 2. The minimum absolute atomic E-state index is 0.0611. The van der Waals surface area contributed by atoms with Gasteiger partial charge < -0.3 is 24.6 Å². The number of nitrogens with one attached hydrogen (secondary N) is 1. The molecule has 2 N–H and O–H groups in total. The molecular formula is C23H27N2O4+. The molecule has 6 nitrogen and oxygen atoms in total. The van der Waals surface area contributed by atoms with Gasteiger partial charge in [0.2, 0.25) is 5.69 Å². The van der Waals surface area contributed by atoms with Crippen LogP contribution in [0.2, 0.25) is 0 Å². The monoisotopic (exact) mass is 395 g/mol. The van der Waals surface area contributed by atoms with E-state index >= 15 is 0 Å². The molecular weight excluding hydrogens is 368 g/mol. The molecule has 29 heavy (non-hydrogen) atoms. The number of nitrogens with zero attached hydrogens (tertiary/aromatic N) is 1. The number of methoxy groups -OCH3 is 3. The third-order valence-electron chi connectivity index (χ3n) is 5.66. The predicted octanol–water partition coefficient (Wildman–Crippen LogP) is 3.09. The van der Waals surface area contributed by atoms with Gasteiger partial charge in [0, 0.05) is 18.5 Å². The van der Waals surface area contributed by atoms with E-state index in [-0.39, 0.29) is 6.61 Å². The van der Waals surface area contributed by atoms with Crippen molar-refractivity contribution < 1.29 is 23.9 Å². The average Bonchev–Trinajstić information content (AvgIpc) is 2.76. The summed E-state index contributed by atoms with van der Waals surface area (Å²) in [5, 5.41) is 14.8. The number of benzene rings is 2. The van der Waals surface area contributed by atoms with Crippen LogP contribution >= 0.6 is 0 Å². The van der Waals surface area contributed by atoms with Crippen molar-refractivity contribution >= 4 is 16.5 Å². The second-order valence-electron chi connectivity index (χ2n) is 7.16. The summed E-state index contributed by atoms with van der Waals surface area (Å²) in [5.74, 6) is 2.27. The van der Waals surface area contributed by atoms with E-state index in [1.54, 1.807) is 21.3 Å². The lowest BCUT2D eigenvalue weighted by atomic mass is 9.91. The van der Waals surface area contributed by atoms with Crippen molar-refractivity contribution in [3.8, 4) is 28.5 Å². The molecule has 1 aliphatic heterocycles. The quantitative estimate of drug-likeness (QED) is 0.628. The summed E-state index contributed by atoms with van der Waals surface area (Å²) < 4.78 is 18.9. The second-order valence-corrected chi connectivity index (χ2v) is 7.16. The standard InChI is InChI=1S/C23H26N2O4/c1-14-16-5-6-19(27-2)22(24-8-10-26)18(16)13-25-9-7-15-11-20(28-3)21(29-4)12-17(15)23(14)25/h5-6,11-13,26H,7-10H2,1-4H3/p+1. The van der Waals surface area contributed by atoms with Gasteiger partial charge in [0.1, 0.15) is 5.75 Å². The number of pyridine rings is 1. The number of ether oxygens (including phenoxy) is 3. The molecule has 2 heterocycles. The summed E-state index contributed by atoms with van der Waals surface area (Å²) in [6.07, 6.45) is 3.10. The third-order valence-corrected chi connectivity index (χ3v) is 5.66. The van der Waals surface area contributed by atoms with Gasteiger partial charge in [0.25, 0.3) is 0 Å². The molecule has 6 heteroatoms. The fourth-order valence-electron chi connectivity index (χ4n) is 4.28. The lowest BCUT2D eigenvalue weighted by Crippen LogP contribution is -2.41.